The highest BCUT2D eigenvalue weighted by molar-refractivity contribution is 5.76. The molecular weight excluding hydrogens is 480 g/mol. The second kappa shape index (κ2) is 8.76. The summed E-state index contributed by atoms with van der Waals surface area (Å²) >= 11 is 0. The van der Waals surface area contributed by atoms with Gasteiger partial charge in [0.25, 0.3) is 0 Å². The maximum Gasteiger partial charge on any atom is 0.229 e. The normalized spacial score (nSPS) is 31.5. The Morgan fingerprint density at radius 2 is 1.64 bits per heavy atom. The van der Waals surface area contributed by atoms with E-state index in [0.29, 0.717) is 16.9 Å². The molecule has 1 fully saturated rings. The summed E-state index contributed by atoms with van der Waals surface area (Å²) in [4.78, 5) is 0. The Bertz CT molecular complexity index is 1230. The minimum absolute atomic E-state index is 0.0398. The molecule has 36 heavy (non-hydrogen) atoms. The summed E-state index contributed by atoms with van der Waals surface area (Å²) in [5.74, 6) is -1.80. The molecule has 1 saturated heterocycles. The molecule has 0 spiro atoms. The third-order valence-electron chi connectivity index (χ3n) is 6.18. The van der Waals surface area contributed by atoms with Gasteiger partial charge in [-0.2, -0.15) is 0 Å². The predicted molar refractivity (Wildman–Crippen MR) is 119 cm³/mol. The minimum atomic E-state index is -1.74. The Morgan fingerprint density at radius 3 is 2.31 bits per heavy atom. The van der Waals surface area contributed by atoms with Gasteiger partial charge < -0.3 is 59.8 Å². The van der Waals surface area contributed by atoms with Gasteiger partial charge >= 0.3 is 0 Å². The molecule has 1 aromatic carbocycles. The molecule has 6 unspecified atom stereocenters. The van der Waals surface area contributed by atoms with E-state index in [1.807, 2.05) is 0 Å². The Hall–Kier alpha value is -3.68. The van der Waals surface area contributed by atoms with E-state index < -0.39 is 60.7 Å². The summed E-state index contributed by atoms with van der Waals surface area (Å²) in [6.07, 6.45) is -4.29. The summed E-state index contributed by atoms with van der Waals surface area (Å²) in [5, 5.41) is 80.6. The minimum Gasteiger partial charge on any atom is -0.508 e. The van der Waals surface area contributed by atoms with Crippen molar-refractivity contribution in [2.24, 2.45) is 0 Å². The zero-order chi connectivity index (χ0) is 25.9. The molecule has 4 aliphatic rings. The van der Waals surface area contributed by atoms with Gasteiger partial charge in [0.15, 0.2) is 28.8 Å². The largest absolute Gasteiger partial charge is 0.508 e. The van der Waals surface area contributed by atoms with Gasteiger partial charge in [0.2, 0.25) is 6.29 Å². The van der Waals surface area contributed by atoms with E-state index in [1.54, 1.807) is 13.0 Å². The summed E-state index contributed by atoms with van der Waals surface area (Å²) < 4.78 is 23.3. The van der Waals surface area contributed by atoms with Crippen LogP contribution in [0.25, 0.3) is 5.76 Å². The van der Waals surface area contributed by atoms with Crippen molar-refractivity contribution in [2.45, 2.75) is 43.7 Å². The lowest BCUT2D eigenvalue weighted by atomic mass is 9.89. The van der Waals surface area contributed by atoms with Gasteiger partial charge in [-0.15, -0.1) is 0 Å². The lowest BCUT2D eigenvalue weighted by molar-refractivity contribution is -0.290. The first kappa shape index (κ1) is 24.0. The van der Waals surface area contributed by atoms with Gasteiger partial charge in [-0.05, 0) is 25.1 Å². The molecular formula is C24H24O12. The number of aliphatic hydroxyl groups is 5. The van der Waals surface area contributed by atoms with Crippen molar-refractivity contribution in [3.8, 4) is 17.2 Å². The first-order chi connectivity index (χ1) is 17.1. The molecule has 1 aliphatic carbocycles. The van der Waals surface area contributed by atoms with E-state index in [4.69, 9.17) is 18.9 Å². The third kappa shape index (κ3) is 3.85. The Balaban J connectivity index is 1.68. The number of benzene rings is 1. The van der Waals surface area contributed by atoms with Crippen LogP contribution in [0, 0.1) is 0 Å². The molecule has 12 nitrogen and oxygen atoms in total. The van der Waals surface area contributed by atoms with Gasteiger partial charge in [0.05, 0.1) is 17.9 Å². The van der Waals surface area contributed by atoms with E-state index >= 15 is 0 Å². The Labute approximate surface area is 203 Å². The predicted octanol–water partition coefficient (Wildman–Crippen LogP) is 0.257. The number of allylic oxidation sites excluding steroid dienone is 3. The fraction of sp³-hybridized carbons (Fsp3) is 0.333. The standard InChI is InChI=1S/C24H24O12/c1-8-2-11-17-14(33-8)5-10(26)6-15(17)34-22(9-3-12(27)18(29)13(28)4-9)23(11)36-24-21(32)20(31)19(30)16(7-25)35-24/h2-6,14,16,19-21,24-32H,7H2,1H3. The van der Waals surface area contributed by atoms with Crippen LogP contribution in [0.15, 0.2) is 64.5 Å². The lowest BCUT2D eigenvalue weighted by Crippen LogP contribution is -2.59. The van der Waals surface area contributed by atoms with E-state index in [2.05, 4.69) is 0 Å². The maximum absolute atomic E-state index is 10.5. The van der Waals surface area contributed by atoms with Crippen molar-refractivity contribution >= 4 is 5.76 Å². The van der Waals surface area contributed by atoms with Crippen molar-refractivity contribution < 1.29 is 59.8 Å². The smallest absolute Gasteiger partial charge is 0.229 e. The van der Waals surface area contributed by atoms with E-state index in [1.165, 1.54) is 12.2 Å². The first-order valence-electron chi connectivity index (χ1n) is 11.0. The number of hydrogen-bond acceptors (Lipinski definition) is 12. The average Bonchev–Trinajstić information content (AvgIpc) is 2.83. The van der Waals surface area contributed by atoms with Gasteiger partial charge in [0.1, 0.15) is 42.0 Å². The highest BCUT2D eigenvalue weighted by atomic mass is 16.7. The molecule has 192 valence electrons. The second-order valence-electron chi connectivity index (χ2n) is 8.66. The topological polar surface area (TPSA) is 199 Å². The van der Waals surface area contributed by atoms with Gasteiger partial charge in [-0.3, -0.25) is 0 Å². The van der Waals surface area contributed by atoms with Crippen LogP contribution < -0.4 is 0 Å². The monoisotopic (exact) mass is 504 g/mol. The number of phenols is 3. The van der Waals surface area contributed by atoms with Crippen LogP contribution >= 0.6 is 0 Å². The number of rotatable bonds is 4. The highest BCUT2D eigenvalue weighted by Gasteiger charge is 2.47. The number of phenolic OH excluding ortho intramolecular Hbond substituents is 3. The van der Waals surface area contributed by atoms with E-state index in [-0.39, 0.29) is 28.6 Å². The molecule has 6 atom stereocenters. The SMILES string of the molecule is CC1=CC2=C3C(=CC(O)=CC3O1)OC(c1cc(O)c(O)c(O)c1)=C2OC1OC(CO)C(O)C(O)C1O. The molecule has 0 aromatic heterocycles. The summed E-state index contributed by atoms with van der Waals surface area (Å²) in [6, 6.07) is 2.19. The number of aromatic hydroxyl groups is 3. The fourth-order valence-electron chi connectivity index (χ4n) is 4.41. The van der Waals surface area contributed by atoms with E-state index in [0.717, 1.165) is 12.1 Å². The highest BCUT2D eigenvalue weighted by Crippen LogP contribution is 2.48. The molecule has 0 saturated carbocycles. The van der Waals surface area contributed by atoms with Crippen LogP contribution in [0.5, 0.6) is 17.2 Å². The number of aliphatic hydroxyl groups excluding tert-OH is 5. The fourth-order valence-corrected chi connectivity index (χ4v) is 4.41. The van der Waals surface area contributed by atoms with Crippen molar-refractivity contribution in [1.29, 1.82) is 0 Å². The second-order valence-corrected chi connectivity index (χ2v) is 8.66. The van der Waals surface area contributed by atoms with Crippen molar-refractivity contribution in [3.05, 3.63) is 70.1 Å². The van der Waals surface area contributed by atoms with Crippen LogP contribution in [0.4, 0.5) is 0 Å². The molecule has 8 N–H and O–H groups in total. The van der Waals surface area contributed by atoms with Crippen LogP contribution in [-0.2, 0) is 18.9 Å². The van der Waals surface area contributed by atoms with Gasteiger partial charge in [-0.25, -0.2) is 0 Å². The average molecular weight is 504 g/mol. The first-order valence-corrected chi connectivity index (χ1v) is 11.0. The van der Waals surface area contributed by atoms with Crippen molar-refractivity contribution in [3.63, 3.8) is 0 Å². The Kier molecular flexibility index (Phi) is 5.85. The van der Waals surface area contributed by atoms with Crippen LogP contribution in [-0.4, -0.2) is 84.3 Å². The van der Waals surface area contributed by atoms with Crippen molar-refractivity contribution in [2.75, 3.05) is 6.61 Å². The van der Waals surface area contributed by atoms with Crippen LogP contribution in [0.3, 0.4) is 0 Å². The summed E-state index contributed by atoms with van der Waals surface area (Å²) in [6.45, 7) is 0.984. The molecule has 3 aliphatic heterocycles. The van der Waals surface area contributed by atoms with Crippen molar-refractivity contribution in [1.82, 2.24) is 0 Å². The van der Waals surface area contributed by atoms with Gasteiger partial charge in [-0.1, -0.05) is 0 Å². The molecule has 0 bridgehead atoms. The lowest BCUT2D eigenvalue weighted by Gasteiger charge is -2.41. The number of ether oxygens (including phenoxy) is 4. The molecule has 3 heterocycles. The molecule has 0 amide bonds. The molecule has 5 rings (SSSR count). The maximum atomic E-state index is 10.5. The summed E-state index contributed by atoms with van der Waals surface area (Å²) in [5.41, 5.74) is 0.871. The van der Waals surface area contributed by atoms with E-state index in [9.17, 15) is 40.9 Å². The molecule has 1 aromatic rings. The Morgan fingerprint density at radius 1 is 0.944 bits per heavy atom. The third-order valence-corrected chi connectivity index (χ3v) is 6.18. The van der Waals surface area contributed by atoms with Gasteiger partial charge in [0, 0.05) is 23.3 Å². The zero-order valence-electron chi connectivity index (χ0n) is 18.8. The van der Waals surface area contributed by atoms with Crippen LogP contribution in [0.1, 0.15) is 12.5 Å². The quantitative estimate of drug-likeness (QED) is 0.261. The number of hydrogen-bond donors (Lipinski definition) is 8. The summed E-state index contributed by atoms with van der Waals surface area (Å²) in [7, 11) is 0. The van der Waals surface area contributed by atoms with Crippen LogP contribution in [0.2, 0.25) is 0 Å². The molecule has 12 heteroatoms. The zero-order valence-corrected chi connectivity index (χ0v) is 18.8. The molecule has 0 radical (unpaired) electrons.